The number of nitrogens with one attached hydrogen (secondary N) is 1. The Morgan fingerprint density at radius 3 is 2.75 bits per heavy atom. The Balaban J connectivity index is 1.69. The maximum Gasteiger partial charge on any atom is 0.331 e. The summed E-state index contributed by atoms with van der Waals surface area (Å²) in [7, 11) is 0. The van der Waals surface area contributed by atoms with E-state index in [9.17, 15) is 15.2 Å². The predicted molar refractivity (Wildman–Crippen MR) is 108 cm³/mol. The highest BCUT2D eigenvalue weighted by atomic mass is 35.5. The Morgan fingerprint density at radius 1 is 1.25 bits per heavy atom. The van der Waals surface area contributed by atoms with Gasteiger partial charge in [0, 0.05) is 6.08 Å². The number of aromatic nitrogens is 2. The van der Waals surface area contributed by atoms with Crippen LogP contribution in [0.4, 0.5) is 0 Å². The number of carbonyl (C=O) groups is 1. The minimum Gasteiger partial charge on any atom is -0.507 e. The van der Waals surface area contributed by atoms with Gasteiger partial charge in [0.05, 0.1) is 21.1 Å². The third-order valence-corrected chi connectivity index (χ3v) is 4.47. The van der Waals surface area contributed by atoms with E-state index in [2.05, 4.69) is 9.97 Å². The first-order valence-electron chi connectivity index (χ1n) is 8.05. The van der Waals surface area contributed by atoms with Crippen LogP contribution in [0.1, 0.15) is 11.4 Å². The normalized spacial score (nSPS) is 12.0. The van der Waals surface area contributed by atoms with Gasteiger partial charge in [0.15, 0.2) is 11.6 Å². The maximum atomic E-state index is 11.9. The number of aliphatic hydroxyl groups is 1. The molecule has 0 unspecified atom stereocenters. The highest BCUT2D eigenvalue weighted by Crippen LogP contribution is 2.23. The van der Waals surface area contributed by atoms with Crippen LogP contribution >= 0.6 is 23.2 Å². The van der Waals surface area contributed by atoms with Gasteiger partial charge in [-0.1, -0.05) is 41.4 Å². The van der Waals surface area contributed by atoms with Crippen LogP contribution in [0.2, 0.25) is 10.0 Å². The minimum absolute atomic E-state index is 0.0996. The molecule has 1 heterocycles. The van der Waals surface area contributed by atoms with Crippen LogP contribution in [0, 0.1) is 11.3 Å². The van der Waals surface area contributed by atoms with Gasteiger partial charge in [0.25, 0.3) is 0 Å². The van der Waals surface area contributed by atoms with E-state index >= 15 is 0 Å². The summed E-state index contributed by atoms with van der Waals surface area (Å²) in [5.74, 6) is -0.902. The van der Waals surface area contributed by atoms with Crippen LogP contribution in [-0.4, -0.2) is 27.7 Å². The molecule has 0 aliphatic heterocycles. The number of allylic oxidation sites excluding steroid dienone is 1. The van der Waals surface area contributed by atoms with Crippen LogP contribution in [-0.2, 0) is 9.53 Å². The molecule has 140 valence electrons. The highest BCUT2D eigenvalue weighted by molar-refractivity contribution is 6.42. The van der Waals surface area contributed by atoms with Gasteiger partial charge in [-0.05, 0) is 35.9 Å². The first-order valence-corrected chi connectivity index (χ1v) is 8.80. The molecule has 8 heteroatoms. The molecule has 1 aromatic heterocycles. The standard InChI is InChI=1S/C20H13Cl2N3O3/c21-14-7-5-12(9-15(14)22)6-8-19(27)28-11-18(26)13(10-23)20-24-16-3-1-2-4-17(16)25-20/h1-9,26H,11H2,(H,24,25). The van der Waals surface area contributed by atoms with Crippen molar-refractivity contribution in [1.82, 2.24) is 9.97 Å². The number of nitriles is 1. The largest absolute Gasteiger partial charge is 0.507 e. The number of halogens is 2. The summed E-state index contributed by atoms with van der Waals surface area (Å²) >= 11 is 11.7. The van der Waals surface area contributed by atoms with E-state index in [1.807, 2.05) is 18.2 Å². The number of carbonyl (C=O) groups excluding carboxylic acids is 1. The Bertz CT molecular complexity index is 1110. The van der Waals surface area contributed by atoms with Crippen LogP contribution in [0.5, 0.6) is 0 Å². The Morgan fingerprint density at radius 2 is 2.04 bits per heavy atom. The third-order valence-electron chi connectivity index (χ3n) is 3.73. The highest BCUT2D eigenvalue weighted by Gasteiger charge is 2.14. The molecule has 3 rings (SSSR count). The molecule has 0 saturated heterocycles. The SMILES string of the molecule is N#CC(=C(O)COC(=O)C=Cc1ccc(Cl)c(Cl)c1)c1nc2ccccc2[nH]1. The zero-order valence-electron chi connectivity index (χ0n) is 14.3. The number of hydrogen-bond acceptors (Lipinski definition) is 5. The average molecular weight is 414 g/mol. The summed E-state index contributed by atoms with van der Waals surface area (Å²) < 4.78 is 4.97. The lowest BCUT2D eigenvalue weighted by atomic mass is 10.2. The first-order chi connectivity index (χ1) is 13.5. The predicted octanol–water partition coefficient (Wildman–Crippen LogP) is 4.92. The van der Waals surface area contributed by atoms with Crippen molar-refractivity contribution in [3.63, 3.8) is 0 Å². The molecule has 3 aromatic rings. The van der Waals surface area contributed by atoms with E-state index in [1.165, 1.54) is 12.2 Å². The third kappa shape index (κ3) is 4.52. The van der Waals surface area contributed by atoms with Gasteiger partial charge < -0.3 is 14.8 Å². The van der Waals surface area contributed by atoms with Crippen molar-refractivity contribution in [2.45, 2.75) is 0 Å². The molecule has 0 aliphatic rings. The van der Waals surface area contributed by atoms with Crippen LogP contribution < -0.4 is 0 Å². The van der Waals surface area contributed by atoms with E-state index in [0.29, 0.717) is 21.1 Å². The Hall–Kier alpha value is -3.27. The number of benzene rings is 2. The number of imidazole rings is 1. The van der Waals surface area contributed by atoms with Crippen molar-refractivity contribution in [1.29, 1.82) is 5.26 Å². The van der Waals surface area contributed by atoms with Gasteiger partial charge in [-0.3, -0.25) is 0 Å². The van der Waals surface area contributed by atoms with Crippen molar-refractivity contribution >= 4 is 51.9 Å². The van der Waals surface area contributed by atoms with Gasteiger partial charge in [0.1, 0.15) is 18.2 Å². The Labute approximate surface area is 170 Å². The second-order valence-corrected chi connectivity index (χ2v) is 6.47. The van der Waals surface area contributed by atoms with Crippen LogP contribution in [0.25, 0.3) is 22.7 Å². The molecule has 6 nitrogen and oxygen atoms in total. The number of hydrogen-bond donors (Lipinski definition) is 2. The van der Waals surface area contributed by atoms with Gasteiger partial charge in [0.2, 0.25) is 0 Å². The van der Waals surface area contributed by atoms with Gasteiger partial charge in [-0.15, -0.1) is 0 Å². The fraction of sp³-hybridized carbons (Fsp3) is 0.0500. The summed E-state index contributed by atoms with van der Waals surface area (Å²) in [5, 5.41) is 20.3. The van der Waals surface area contributed by atoms with Gasteiger partial charge in [-0.25, -0.2) is 9.78 Å². The van der Waals surface area contributed by atoms with E-state index in [0.717, 1.165) is 5.52 Å². The minimum atomic E-state index is -0.695. The quantitative estimate of drug-likeness (QED) is 0.267. The molecule has 0 saturated carbocycles. The van der Waals surface area contributed by atoms with E-state index in [1.54, 1.807) is 30.3 Å². The number of nitrogens with zero attached hydrogens (tertiary/aromatic N) is 2. The van der Waals surface area contributed by atoms with E-state index in [-0.39, 0.29) is 11.4 Å². The fourth-order valence-corrected chi connectivity index (χ4v) is 2.67. The van der Waals surface area contributed by atoms with Crippen molar-refractivity contribution in [3.8, 4) is 6.07 Å². The second-order valence-electron chi connectivity index (χ2n) is 5.65. The molecule has 0 spiro atoms. The monoisotopic (exact) mass is 413 g/mol. The summed E-state index contributed by atoms with van der Waals surface area (Å²) in [6, 6.07) is 14.0. The van der Waals surface area contributed by atoms with Crippen molar-refractivity contribution in [3.05, 3.63) is 75.7 Å². The molecular formula is C20H13Cl2N3O3. The molecule has 0 amide bonds. The number of H-pyrrole nitrogens is 1. The van der Waals surface area contributed by atoms with Gasteiger partial charge >= 0.3 is 5.97 Å². The molecule has 0 bridgehead atoms. The molecule has 28 heavy (non-hydrogen) atoms. The van der Waals surface area contributed by atoms with E-state index in [4.69, 9.17) is 27.9 Å². The summed E-state index contributed by atoms with van der Waals surface area (Å²) in [6.07, 6.45) is 2.68. The second kappa shape index (κ2) is 8.61. The summed E-state index contributed by atoms with van der Waals surface area (Å²) in [4.78, 5) is 19.0. The molecule has 2 aromatic carbocycles. The lowest BCUT2D eigenvalue weighted by Crippen LogP contribution is -2.06. The first kappa shape index (κ1) is 19.5. The number of esters is 1. The zero-order chi connectivity index (χ0) is 20.1. The molecule has 0 fully saturated rings. The number of aliphatic hydroxyl groups excluding tert-OH is 1. The van der Waals surface area contributed by atoms with E-state index < -0.39 is 18.3 Å². The molecule has 0 aliphatic carbocycles. The number of ether oxygens (including phenoxy) is 1. The van der Waals surface area contributed by atoms with Crippen LogP contribution in [0.3, 0.4) is 0 Å². The smallest absolute Gasteiger partial charge is 0.331 e. The molecule has 0 radical (unpaired) electrons. The van der Waals surface area contributed by atoms with Gasteiger partial charge in [-0.2, -0.15) is 5.26 Å². The molecule has 0 atom stereocenters. The topological polar surface area (TPSA) is 99.0 Å². The lowest BCUT2D eigenvalue weighted by Gasteiger charge is -2.03. The zero-order valence-corrected chi connectivity index (χ0v) is 15.8. The number of fused-ring (bicyclic) bond motifs is 1. The molecule has 2 N–H and O–H groups in total. The maximum absolute atomic E-state index is 11.9. The molecular weight excluding hydrogens is 401 g/mol. The average Bonchev–Trinajstić information content (AvgIpc) is 3.11. The number of para-hydroxylation sites is 2. The van der Waals surface area contributed by atoms with Crippen molar-refractivity contribution in [2.24, 2.45) is 0 Å². The summed E-state index contributed by atoms with van der Waals surface area (Å²) in [5.41, 5.74) is 1.93. The number of aromatic amines is 1. The Kier molecular flexibility index (Phi) is 5.99. The number of rotatable bonds is 5. The summed E-state index contributed by atoms with van der Waals surface area (Å²) in [6.45, 7) is -0.468. The van der Waals surface area contributed by atoms with Crippen LogP contribution in [0.15, 0.2) is 54.3 Å². The lowest BCUT2D eigenvalue weighted by molar-refractivity contribution is -0.137. The van der Waals surface area contributed by atoms with Crippen molar-refractivity contribution < 1.29 is 14.6 Å². The van der Waals surface area contributed by atoms with Crippen molar-refractivity contribution in [2.75, 3.05) is 6.61 Å². The fourth-order valence-electron chi connectivity index (χ4n) is 2.37.